The van der Waals surface area contributed by atoms with E-state index in [0.29, 0.717) is 5.75 Å². The van der Waals surface area contributed by atoms with Crippen molar-refractivity contribution in [1.29, 1.82) is 0 Å². The highest BCUT2D eigenvalue weighted by atomic mass is 19.1. The quantitative estimate of drug-likeness (QED) is 0.680. The number of anilines is 1. The third-order valence-electron chi connectivity index (χ3n) is 5.64. The van der Waals surface area contributed by atoms with E-state index in [1.165, 1.54) is 17.7 Å². The normalized spacial score (nSPS) is 17.4. The molecule has 0 amide bonds. The van der Waals surface area contributed by atoms with Gasteiger partial charge >= 0.3 is 0 Å². The maximum absolute atomic E-state index is 13.5. The number of nitrogens with zero attached hydrogens (tertiary/aromatic N) is 2. The fourth-order valence-corrected chi connectivity index (χ4v) is 4.01. The van der Waals surface area contributed by atoms with Gasteiger partial charge in [0.25, 0.3) is 0 Å². The van der Waals surface area contributed by atoms with Crippen molar-refractivity contribution >= 4 is 5.69 Å². The second-order valence-electron chi connectivity index (χ2n) is 7.47. The van der Waals surface area contributed by atoms with E-state index < -0.39 is 6.10 Å². The van der Waals surface area contributed by atoms with Crippen LogP contribution in [0.15, 0.2) is 60.7 Å². The second kappa shape index (κ2) is 10.4. The van der Waals surface area contributed by atoms with E-state index >= 15 is 0 Å². The number of hydrogen-bond acceptors (Lipinski definition) is 4. The van der Waals surface area contributed by atoms with E-state index in [2.05, 4.69) is 21.9 Å². The van der Waals surface area contributed by atoms with Crippen LogP contribution in [0, 0.1) is 5.82 Å². The van der Waals surface area contributed by atoms with E-state index in [1.807, 2.05) is 37.3 Å². The number of aliphatic hydroxyl groups is 1. The predicted octanol–water partition coefficient (Wildman–Crippen LogP) is 4.07. The van der Waals surface area contributed by atoms with Gasteiger partial charge < -0.3 is 14.7 Å². The monoisotopic (exact) mass is 398 g/mol. The molecule has 3 rings (SSSR count). The molecule has 1 heterocycles. The molecule has 1 aliphatic heterocycles. The number of methoxy groups -OCH3 is 1. The number of rotatable bonds is 8. The summed E-state index contributed by atoms with van der Waals surface area (Å²) in [6.45, 7) is 6.48. The Bertz CT molecular complexity index is 789. The first kappa shape index (κ1) is 21.3. The summed E-state index contributed by atoms with van der Waals surface area (Å²) in [4.78, 5) is 4.68. The van der Waals surface area contributed by atoms with Crippen molar-refractivity contribution in [3.8, 4) is 5.75 Å². The third-order valence-corrected chi connectivity index (χ3v) is 5.64. The average molecular weight is 399 g/mol. The Morgan fingerprint density at radius 1 is 1.10 bits per heavy atom. The van der Waals surface area contributed by atoms with Crippen molar-refractivity contribution in [2.75, 3.05) is 44.7 Å². The molecular formula is C24H31FN2O2. The molecule has 0 bridgehead atoms. The molecular weight excluding hydrogens is 367 g/mol. The van der Waals surface area contributed by atoms with Gasteiger partial charge in [0.2, 0.25) is 0 Å². The van der Waals surface area contributed by atoms with Gasteiger partial charge in [-0.15, -0.1) is 0 Å². The molecule has 2 atom stereocenters. The van der Waals surface area contributed by atoms with Gasteiger partial charge in [0.05, 0.1) is 18.9 Å². The zero-order chi connectivity index (χ0) is 20.6. The zero-order valence-corrected chi connectivity index (χ0v) is 17.3. The fourth-order valence-electron chi connectivity index (χ4n) is 4.01. The van der Waals surface area contributed by atoms with Crippen molar-refractivity contribution in [3.63, 3.8) is 0 Å². The van der Waals surface area contributed by atoms with Crippen LogP contribution in [0.25, 0.3) is 0 Å². The van der Waals surface area contributed by atoms with Gasteiger partial charge in [-0.05, 0) is 37.6 Å². The molecule has 2 aromatic rings. The molecule has 1 saturated heterocycles. The van der Waals surface area contributed by atoms with E-state index in [4.69, 9.17) is 4.74 Å². The maximum Gasteiger partial charge on any atom is 0.145 e. The smallest absolute Gasteiger partial charge is 0.145 e. The molecule has 1 fully saturated rings. The second-order valence-corrected chi connectivity index (χ2v) is 7.47. The van der Waals surface area contributed by atoms with Gasteiger partial charge in [-0.1, -0.05) is 42.5 Å². The Morgan fingerprint density at radius 3 is 2.48 bits per heavy atom. The lowest BCUT2D eigenvalue weighted by Crippen LogP contribution is -2.47. The molecule has 29 heavy (non-hydrogen) atoms. The molecule has 0 aliphatic carbocycles. The SMILES string of the molecule is C/C=C/C(O)C(CCN1CCN(c2ccc(F)cc2OC)CC1)c1ccccc1. The largest absolute Gasteiger partial charge is 0.494 e. The van der Waals surface area contributed by atoms with Crippen LogP contribution in [0.1, 0.15) is 24.8 Å². The van der Waals surface area contributed by atoms with Gasteiger partial charge in [-0.3, -0.25) is 4.90 Å². The molecule has 5 heteroatoms. The average Bonchev–Trinajstić information content (AvgIpc) is 2.75. The van der Waals surface area contributed by atoms with Crippen LogP contribution in [-0.4, -0.2) is 55.9 Å². The summed E-state index contributed by atoms with van der Waals surface area (Å²) >= 11 is 0. The molecule has 1 aliphatic rings. The van der Waals surface area contributed by atoms with Gasteiger partial charge in [0, 0.05) is 38.2 Å². The molecule has 2 unspecified atom stereocenters. The van der Waals surface area contributed by atoms with Gasteiger partial charge in [0.15, 0.2) is 0 Å². The summed E-state index contributed by atoms with van der Waals surface area (Å²) in [5.74, 6) is 0.385. The highest BCUT2D eigenvalue weighted by molar-refractivity contribution is 5.59. The number of allylic oxidation sites excluding steroid dienone is 1. The Hall–Kier alpha value is -2.37. The topological polar surface area (TPSA) is 35.9 Å². The van der Waals surface area contributed by atoms with Crippen LogP contribution in [0.2, 0.25) is 0 Å². The molecule has 0 spiro atoms. The van der Waals surface area contributed by atoms with Gasteiger partial charge in [-0.2, -0.15) is 0 Å². The Morgan fingerprint density at radius 2 is 1.83 bits per heavy atom. The van der Waals surface area contributed by atoms with Crippen molar-refractivity contribution in [2.45, 2.75) is 25.4 Å². The molecule has 156 valence electrons. The Labute approximate surface area is 173 Å². The van der Waals surface area contributed by atoms with Crippen LogP contribution in [0.3, 0.4) is 0 Å². The van der Waals surface area contributed by atoms with Crippen LogP contribution in [0.4, 0.5) is 10.1 Å². The highest BCUT2D eigenvalue weighted by Gasteiger charge is 2.23. The van der Waals surface area contributed by atoms with E-state index in [-0.39, 0.29) is 11.7 Å². The number of aliphatic hydroxyl groups excluding tert-OH is 1. The first-order valence-corrected chi connectivity index (χ1v) is 10.3. The van der Waals surface area contributed by atoms with E-state index in [0.717, 1.165) is 44.8 Å². The maximum atomic E-state index is 13.5. The summed E-state index contributed by atoms with van der Waals surface area (Å²) in [7, 11) is 1.58. The van der Waals surface area contributed by atoms with Crippen LogP contribution < -0.4 is 9.64 Å². The van der Waals surface area contributed by atoms with Crippen molar-refractivity contribution in [3.05, 3.63) is 72.1 Å². The molecule has 2 aromatic carbocycles. The summed E-state index contributed by atoms with van der Waals surface area (Å²) in [6.07, 6.45) is 4.20. The molecule has 1 N–H and O–H groups in total. The fraction of sp³-hybridized carbons (Fsp3) is 0.417. The lowest BCUT2D eigenvalue weighted by Gasteiger charge is -2.37. The number of hydrogen-bond donors (Lipinski definition) is 1. The number of halogens is 1. The van der Waals surface area contributed by atoms with Crippen molar-refractivity contribution < 1.29 is 14.2 Å². The predicted molar refractivity (Wildman–Crippen MR) is 116 cm³/mol. The Kier molecular flexibility index (Phi) is 7.67. The summed E-state index contributed by atoms with van der Waals surface area (Å²) in [6, 6.07) is 15.0. The minimum atomic E-state index is -0.479. The standard InChI is InChI=1S/C24H31FN2O2/c1-3-7-23(28)21(19-8-5-4-6-9-19)12-13-26-14-16-27(17-15-26)22-11-10-20(25)18-24(22)29-2/h3-11,18,21,23,28H,12-17H2,1-2H3/b7-3+. The van der Waals surface area contributed by atoms with Crippen LogP contribution in [0.5, 0.6) is 5.75 Å². The summed E-state index contributed by atoms with van der Waals surface area (Å²) < 4.78 is 18.8. The minimum Gasteiger partial charge on any atom is -0.494 e. The molecule has 0 aromatic heterocycles. The first-order chi connectivity index (χ1) is 14.1. The van der Waals surface area contributed by atoms with Gasteiger partial charge in [0.1, 0.15) is 11.6 Å². The highest BCUT2D eigenvalue weighted by Crippen LogP contribution is 2.30. The minimum absolute atomic E-state index is 0.0858. The Balaban J connectivity index is 1.58. The number of benzene rings is 2. The van der Waals surface area contributed by atoms with Crippen LogP contribution in [-0.2, 0) is 0 Å². The van der Waals surface area contributed by atoms with E-state index in [9.17, 15) is 9.50 Å². The van der Waals surface area contributed by atoms with Crippen LogP contribution >= 0.6 is 0 Å². The molecule has 0 radical (unpaired) electrons. The van der Waals surface area contributed by atoms with Gasteiger partial charge in [-0.25, -0.2) is 4.39 Å². The first-order valence-electron chi connectivity index (χ1n) is 10.3. The lowest BCUT2D eigenvalue weighted by molar-refractivity contribution is 0.167. The van der Waals surface area contributed by atoms with Crippen molar-refractivity contribution in [1.82, 2.24) is 4.90 Å². The summed E-state index contributed by atoms with van der Waals surface area (Å²) in [5.41, 5.74) is 2.12. The summed E-state index contributed by atoms with van der Waals surface area (Å²) in [5, 5.41) is 10.6. The zero-order valence-electron chi connectivity index (χ0n) is 17.3. The third kappa shape index (κ3) is 5.58. The molecule has 4 nitrogen and oxygen atoms in total. The molecule has 0 saturated carbocycles. The lowest BCUT2D eigenvalue weighted by atomic mass is 9.89. The number of piperazine rings is 1. The van der Waals surface area contributed by atoms with E-state index in [1.54, 1.807) is 13.2 Å². The van der Waals surface area contributed by atoms with Crippen molar-refractivity contribution in [2.24, 2.45) is 0 Å². The number of ether oxygens (including phenoxy) is 1.